The van der Waals surface area contributed by atoms with E-state index in [1.807, 2.05) is 0 Å². The first-order valence-corrected chi connectivity index (χ1v) is 7.12. The van der Waals surface area contributed by atoms with Crippen LogP contribution in [0.4, 0.5) is 0 Å². The van der Waals surface area contributed by atoms with Gasteiger partial charge in [-0.05, 0) is 13.3 Å². The fourth-order valence-electron chi connectivity index (χ4n) is 1.61. The van der Waals surface area contributed by atoms with Crippen molar-refractivity contribution in [3.05, 3.63) is 12.2 Å². The highest BCUT2D eigenvalue weighted by atomic mass is 16.5. The zero-order valence-electron chi connectivity index (χ0n) is 12.2. The van der Waals surface area contributed by atoms with Crippen LogP contribution in [0.5, 0.6) is 0 Å². The SMILES string of the molecule is C=C(CC(=O)OCC)C(=O)OCCCCCCCC. The minimum atomic E-state index is -0.499. The van der Waals surface area contributed by atoms with Crippen LogP contribution < -0.4 is 0 Å². The van der Waals surface area contributed by atoms with Crippen LogP contribution in [0, 0.1) is 0 Å². The van der Waals surface area contributed by atoms with Crippen molar-refractivity contribution in [1.82, 2.24) is 0 Å². The third-order valence-electron chi connectivity index (χ3n) is 2.68. The lowest BCUT2D eigenvalue weighted by Crippen LogP contribution is -2.13. The second-order valence-electron chi connectivity index (χ2n) is 4.49. The molecule has 0 fully saturated rings. The van der Waals surface area contributed by atoms with Crippen LogP contribution >= 0.6 is 0 Å². The number of carbonyl (C=O) groups excluding carboxylic acids is 2. The molecule has 4 nitrogen and oxygen atoms in total. The average Bonchev–Trinajstić information content (AvgIpc) is 2.37. The molecule has 0 saturated carbocycles. The highest BCUT2D eigenvalue weighted by molar-refractivity contribution is 5.93. The summed E-state index contributed by atoms with van der Waals surface area (Å²) >= 11 is 0. The van der Waals surface area contributed by atoms with Crippen LogP contribution in [0.2, 0.25) is 0 Å². The van der Waals surface area contributed by atoms with Gasteiger partial charge in [-0.15, -0.1) is 0 Å². The Kier molecular flexibility index (Phi) is 10.9. The van der Waals surface area contributed by atoms with Crippen LogP contribution in [0.3, 0.4) is 0 Å². The lowest BCUT2D eigenvalue weighted by Gasteiger charge is -2.07. The molecular weight excluding hydrogens is 244 g/mol. The molecule has 0 aromatic heterocycles. The number of hydrogen-bond acceptors (Lipinski definition) is 4. The smallest absolute Gasteiger partial charge is 0.333 e. The van der Waals surface area contributed by atoms with E-state index in [2.05, 4.69) is 13.5 Å². The van der Waals surface area contributed by atoms with Gasteiger partial charge in [-0.2, -0.15) is 0 Å². The fourth-order valence-corrected chi connectivity index (χ4v) is 1.61. The Balaban J connectivity index is 3.57. The van der Waals surface area contributed by atoms with Gasteiger partial charge in [0.05, 0.1) is 19.6 Å². The summed E-state index contributed by atoms with van der Waals surface area (Å²) < 4.78 is 9.78. The van der Waals surface area contributed by atoms with Crippen molar-refractivity contribution in [2.45, 2.75) is 58.8 Å². The Morgan fingerprint density at radius 3 is 2.21 bits per heavy atom. The molecule has 0 N–H and O–H groups in total. The molecule has 0 atom stereocenters. The molecule has 0 unspecified atom stereocenters. The van der Waals surface area contributed by atoms with Gasteiger partial charge >= 0.3 is 11.9 Å². The molecule has 0 aliphatic carbocycles. The number of hydrogen-bond donors (Lipinski definition) is 0. The highest BCUT2D eigenvalue weighted by Crippen LogP contribution is 2.07. The van der Waals surface area contributed by atoms with Gasteiger partial charge < -0.3 is 9.47 Å². The first-order chi connectivity index (χ1) is 9.11. The Bertz CT molecular complexity index is 284. The Morgan fingerprint density at radius 2 is 1.58 bits per heavy atom. The lowest BCUT2D eigenvalue weighted by molar-refractivity contribution is -0.146. The number of rotatable bonds is 11. The maximum Gasteiger partial charge on any atom is 0.333 e. The summed E-state index contributed by atoms with van der Waals surface area (Å²) in [6.07, 6.45) is 6.73. The average molecular weight is 270 g/mol. The molecule has 0 radical (unpaired) electrons. The third kappa shape index (κ3) is 10.3. The van der Waals surface area contributed by atoms with E-state index in [0.717, 1.165) is 12.8 Å². The normalized spacial score (nSPS) is 10.0. The monoisotopic (exact) mass is 270 g/mol. The van der Waals surface area contributed by atoms with Crippen LogP contribution in [-0.2, 0) is 19.1 Å². The van der Waals surface area contributed by atoms with Gasteiger partial charge in [0.1, 0.15) is 0 Å². The second kappa shape index (κ2) is 11.8. The fraction of sp³-hybridized carbons (Fsp3) is 0.733. The maximum atomic E-state index is 11.5. The van der Waals surface area contributed by atoms with E-state index in [4.69, 9.17) is 9.47 Å². The van der Waals surface area contributed by atoms with Crippen molar-refractivity contribution in [2.75, 3.05) is 13.2 Å². The predicted molar refractivity (Wildman–Crippen MR) is 74.7 cm³/mol. The first kappa shape index (κ1) is 17.7. The Morgan fingerprint density at radius 1 is 0.947 bits per heavy atom. The van der Waals surface area contributed by atoms with E-state index in [1.165, 1.54) is 25.7 Å². The third-order valence-corrected chi connectivity index (χ3v) is 2.68. The zero-order chi connectivity index (χ0) is 14.5. The van der Waals surface area contributed by atoms with Crippen molar-refractivity contribution < 1.29 is 19.1 Å². The van der Waals surface area contributed by atoms with Gasteiger partial charge in [-0.25, -0.2) is 4.79 Å². The van der Waals surface area contributed by atoms with E-state index in [-0.39, 0.29) is 12.0 Å². The summed E-state index contributed by atoms with van der Waals surface area (Å²) in [4.78, 5) is 22.6. The van der Waals surface area contributed by atoms with Gasteiger partial charge in [-0.3, -0.25) is 4.79 Å². The molecule has 0 aliphatic heterocycles. The summed E-state index contributed by atoms with van der Waals surface area (Å²) in [6.45, 7) is 8.14. The van der Waals surface area contributed by atoms with E-state index in [9.17, 15) is 9.59 Å². The van der Waals surface area contributed by atoms with Crippen molar-refractivity contribution in [3.63, 3.8) is 0 Å². The quantitative estimate of drug-likeness (QED) is 0.328. The molecular formula is C15H26O4. The summed E-state index contributed by atoms with van der Waals surface area (Å²) in [5.41, 5.74) is 0.157. The summed E-state index contributed by atoms with van der Waals surface area (Å²) in [7, 11) is 0. The second-order valence-corrected chi connectivity index (χ2v) is 4.49. The molecule has 0 aliphatic rings. The Hall–Kier alpha value is -1.32. The number of carbonyl (C=O) groups is 2. The summed E-state index contributed by atoms with van der Waals surface area (Å²) in [5.74, 6) is -0.939. The van der Waals surface area contributed by atoms with Crippen LogP contribution in [0.25, 0.3) is 0 Å². The topological polar surface area (TPSA) is 52.6 Å². The van der Waals surface area contributed by atoms with Crippen molar-refractivity contribution in [2.24, 2.45) is 0 Å². The summed E-state index contributed by atoms with van der Waals surface area (Å²) in [5, 5.41) is 0. The minimum absolute atomic E-state index is 0.0941. The molecule has 19 heavy (non-hydrogen) atoms. The molecule has 0 heterocycles. The van der Waals surface area contributed by atoms with Gasteiger partial charge in [0, 0.05) is 5.57 Å². The van der Waals surface area contributed by atoms with Gasteiger partial charge in [0.25, 0.3) is 0 Å². The van der Waals surface area contributed by atoms with Crippen molar-refractivity contribution in [1.29, 1.82) is 0 Å². The maximum absolute atomic E-state index is 11.5. The standard InChI is InChI=1S/C15H26O4/c1-4-6-7-8-9-10-11-19-15(17)13(3)12-14(16)18-5-2/h3-12H2,1-2H3. The summed E-state index contributed by atoms with van der Waals surface area (Å²) in [6, 6.07) is 0. The predicted octanol–water partition coefficient (Wildman–Crippen LogP) is 3.40. The zero-order valence-corrected chi connectivity index (χ0v) is 12.2. The van der Waals surface area contributed by atoms with E-state index < -0.39 is 11.9 Å². The highest BCUT2D eigenvalue weighted by Gasteiger charge is 2.13. The van der Waals surface area contributed by atoms with Gasteiger partial charge in [0.15, 0.2) is 0 Å². The van der Waals surface area contributed by atoms with Crippen LogP contribution in [-0.4, -0.2) is 25.2 Å². The van der Waals surface area contributed by atoms with E-state index >= 15 is 0 Å². The molecule has 0 aromatic carbocycles. The molecule has 4 heteroatoms. The van der Waals surface area contributed by atoms with E-state index in [1.54, 1.807) is 6.92 Å². The number of ether oxygens (including phenoxy) is 2. The van der Waals surface area contributed by atoms with Gasteiger partial charge in [0.2, 0.25) is 0 Å². The Labute approximate surface area is 116 Å². The first-order valence-electron chi connectivity index (χ1n) is 7.12. The molecule has 0 aromatic rings. The molecule has 0 saturated heterocycles. The number of esters is 2. The van der Waals surface area contributed by atoms with Gasteiger partial charge in [-0.1, -0.05) is 45.6 Å². The van der Waals surface area contributed by atoms with Crippen LogP contribution in [0.15, 0.2) is 12.2 Å². The van der Waals surface area contributed by atoms with E-state index in [0.29, 0.717) is 13.2 Å². The molecule has 0 rings (SSSR count). The van der Waals surface area contributed by atoms with Crippen molar-refractivity contribution in [3.8, 4) is 0 Å². The molecule has 110 valence electrons. The van der Waals surface area contributed by atoms with Crippen LogP contribution in [0.1, 0.15) is 58.8 Å². The molecule has 0 spiro atoms. The minimum Gasteiger partial charge on any atom is -0.466 e. The lowest BCUT2D eigenvalue weighted by atomic mass is 10.1. The number of unbranched alkanes of at least 4 members (excludes halogenated alkanes) is 5. The van der Waals surface area contributed by atoms with Crippen molar-refractivity contribution >= 4 is 11.9 Å². The largest absolute Gasteiger partial charge is 0.466 e. The molecule has 0 bridgehead atoms. The molecule has 0 amide bonds.